The number of hydrogen-bond acceptors (Lipinski definition) is 7. The minimum Gasteiger partial charge on any atom is -0.493 e. The number of benzene rings is 2. The van der Waals surface area contributed by atoms with Crippen molar-refractivity contribution in [2.24, 2.45) is 0 Å². The maximum atomic E-state index is 13.2. The van der Waals surface area contributed by atoms with Gasteiger partial charge in [-0.1, -0.05) is 0 Å². The number of sulfonamides is 1. The molecule has 9 nitrogen and oxygen atoms in total. The molecule has 0 bridgehead atoms. The molecule has 2 aliphatic rings. The van der Waals surface area contributed by atoms with Crippen molar-refractivity contribution in [1.29, 1.82) is 0 Å². The van der Waals surface area contributed by atoms with Gasteiger partial charge in [-0.15, -0.1) is 0 Å². The summed E-state index contributed by atoms with van der Waals surface area (Å²) in [5, 5.41) is 2.76. The second kappa shape index (κ2) is 9.25. The molecule has 1 fully saturated rings. The van der Waals surface area contributed by atoms with Gasteiger partial charge in [-0.25, -0.2) is 8.42 Å². The molecule has 2 heterocycles. The molecule has 0 saturated carbocycles. The molecule has 2 aliphatic heterocycles. The van der Waals surface area contributed by atoms with Crippen molar-refractivity contribution in [3.63, 3.8) is 0 Å². The second-order valence-corrected chi connectivity index (χ2v) is 9.27. The maximum absolute atomic E-state index is 13.2. The molecule has 1 N–H and O–H groups in total. The Hall–Kier alpha value is -2.98. The van der Waals surface area contributed by atoms with Crippen LogP contribution in [0.4, 0.5) is 5.69 Å². The Bertz CT molecular complexity index is 1090. The topological polar surface area (TPSA) is 103 Å². The molecule has 0 radical (unpaired) electrons. The van der Waals surface area contributed by atoms with Gasteiger partial charge in [-0.05, 0) is 50.1 Å². The number of fused-ring (bicyclic) bond motifs is 1. The van der Waals surface area contributed by atoms with Crippen LogP contribution in [0.3, 0.4) is 0 Å². The lowest BCUT2D eigenvalue weighted by atomic mass is 10.1. The number of anilines is 1. The summed E-state index contributed by atoms with van der Waals surface area (Å²) in [5.41, 5.74) is 0.633. The maximum Gasteiger partial charge on any atom is 0.255 e. The van der Waals surface area contributed by atoms with Crippen molar-refractivity contribution >= 4 is 21.6 Å². The van der Waals surface area contributed by atoms with E-state index in [1.807, 2.05) is 0 Å². The Balaban J connectivity index is 1.64. The third kappa shape index (κ3) is 4.33. The van der Waals surface area contributed by atoms with E-state index in [4.69, 9.17) is 18.9 Å². The zero-order valence-corrected chi connectivity index (χ0v) is 18.9. The van der Waals surface area contributed by atoms with Crippen molar-refractivity contribution in [3.8, 4) is 23.0 Å². The second-order valence-electron chi connectivity index (χ2n) is 7.36. The van der Waals surface area contributed by atoms with Crippen LogP contribution >= 0.6 is 0 Å². The normalized spacial score (nSPS) is 15.9. The number of ether oxygens (including phenoxy) is 4. The molecule has 0 aromatic heterocycles. The van der Waals surface area contributed by atoms with E-state index >= 15 is 0 Å². The van der Waals surface area contributed by atoms with E-state index in [2.05, 4.69) is 5.32 Å². The summed E-state index contributed by atoms with van der Waals surface area (Å²) in [6.07, 6.45) is 1.65. The van der Waals surface area contributed by atoms with E-state index in [1.54, 1.807) is 31.2 Å². The predicted molar refractivity (Wildman–Crippen MR) is 118 cm³/mol. The predicted octanol–water partition coefficient (Wildman–Crippen LogP) is 2.90. The summed E-state index contributed by atoms with van der Waals surface area (Å²) in [6, 6.07) is 7.74. The molecule has 0 atom stereocenters. The molecule has 2 aromatic rings. The summed E-state index contributed by atoms with van der Waals surface area (Å²) in [7, 11) is -2.25. The number of nitrogens with one attached hydrogen (secondary N) is 1. The van der Waals surface area contributed by atoms with Crippen LogP contribution in [0.15, 0.2) is 35.2 Å². The molecule has 2 aromatic carbocycles. The zero-order chi connectivity index (χ0) is 22.7. The molecule has 1 amide bonds. The zero-order valence-electron chi connectivity index (χ0n) is 18.0. The molecule has 4 rings (SSSR count). The monoisotopic (exact) mass is 462 g/mol. The van der Waals surface area contributed by atoms with E-state index in [1.165, 1.54) is 17.5 Å². The summed E-state index contributed by atoms with van der Waals surface area (Å²) < 4.78 is 49.8. The van der Waals surface area contributed by atoms with Crippen LogP contribution in [0.2, 0.25) is 0 Å². The Morgan fingerprint density at radius 2 is 1.84 bits per heavy atom. The number of hydrogen-bond donors (Lipinski definition) is 1. The Kier molecular flexibility index (Phi) is 6.43. The van der Waals surface area contributed by atoms with Gasteiger partial charge in [-0.3, -0.25) is 4.79 Å². The summed E-state index contributed by atoms with van der Waals surface area (Å²) in [4.78, 5) is 13.0. The molecule has 0 unspecified atom stereocenters. The minimum absolute atomic E-state index is 0.0406. The van der Waals surface area contributed by atoms with Crippen molar-refractivity contribution < 1.29 is 32.2 Å². The van der Waals surface area contributed by atoms with Crippen LogP contribution in [-0.4, -0.2) is 58.7 Å². The molecular formula is C22H26N2O7S. The average Bonchev–Trinajstić information content (AvgIpc) is 3.35. The highest BCUT2D eigenvalue weighted by atomic mass is 32.2. The van der Waals surface area contributed by atoms with Gasteiger partial charge in [0.15, 0.2) is 11.5 Å². The van der Waals surface area contributed by atoms with Crippen LogP contribution in [0.5, 0.6) is 23.0 Å². The Labute approximate surface area is 187 Å². The standard InChI is InChI=1S/C22H26N2O7S/c1-3-29-17-7-6-16(14-20(17)32(26,27)24-8-4-5-9-24)23-22(25)15-12-18(28-2)21-19(13-15)30-10-11-31-21/h6-7,12-14H,3-5,8-11H2,1-2H3,(H,23,25). The van der Waals surface area contributed by atoms with Crippen molar-refractivity contribution in [3.05, 3.63) is 35.9 Å². The summed E-state index contributed by atoms with van der Waals surface area (Å²) in [5.74, 6) is 1.09. The first-order valence-electron chi connectivity index (χ1n) is 10.5. The lowest BCUT2D eigenvalue weighted by molar-refractivity contribution is 0.102. The molecular weight excluding hydrogens is 436 g/mol. The molecule has 1 saturated heterocycles. The number of nitrogens with zero attached hydrogens (tertiary/aromatic N) is 1. The smallest absolute Gasteiger partial charge is 0.255 e. The highest BCUT2D eigenvalue weighted by Gasteiger charge is 2.30. The molecule has 172 valence electrons. The van der Waals surface area contributed by atoms with Crippen LogP contribution in [0.25, 0.3) is 0 Å². The van der Waals surface area contributed by atoms with E-state index < -0.39 is 15.9 Å². The number of carbonyl (C=O) groups excluding carboxylic acids is 1. The van der Waals surface area contributed by atoms with Crippen molar-refractivity contribution in [1.82, 2.24) is 4.31 Å². The molecule has 10 heteroatoms. The fraction of sp³-hybridized carbons (Fsp3) is 0.409. The van der Waals surface area contributed by atoms with Gasteiger partial charge >= 0.3 is 0 Å². The van der Waals surface area contributed by atoms with Crippen LogP contribution in [0.1, 0.15) is 30.1 Å². The van der Waals surface area contributed by atoms with Gasteiger partial charge in [0, 0.05) is 24.3 Å². The van der Waals surface area contributed by atoms with E-state index in [-0.39, 0.29) is 10.6 Å². The third-order valence-electron chi connectivity index (χ3n) is 5.27. The first-order chi connectivity index (χ1) is 15.4. The molecule has 0 aliphatic carbocycles. The quantitative estimate of drug-likeness (QED) is 0.675. The van der Waals surface area contributed by atoms with E-state index in [0.29, 0.717) is 61.4 Å². The Morgan fingerprint density at radius 1 is 1.09 bits per heavy atom. The number of amides is 1. The summed E-state index contributed by atoms with van der Waals surface area (Å²) in [6.45, 7) is 3.83. The average molecular weight is 463 g/mol. The minimum atomic E-state index is -3.74. The Morgan fingerprint density at radius 3 is 2.56 bits per heavy atom. The lowest BCUT2D eigenvalue weighted by Crippen LogP contribution is -2.28. The van der Waals surface area contributed by atoms with Gasteiger partial charge < -0.3 is 24.3 Å². The first-order valence-corrected chi connectivity index (χ1v) is 11.9. The fourth-order valence-corrected chi connectivity index (χ4v) is 5.41. The third-order valence-corrected chi connectivity index (χ3v) is 7.19. The van der Waals surface area contributed by atoms with Gasteiger partial charge in [0.05, 0.1) is 13.7 Å². The van der Waals surface area contributed by atoms with Gasteiger partial charge in [0.2, 0.25) is 15.8 Å². The van der Waals surface area contributed by atoms with Gasteiger partial charge in [-0.2, -0.15) is 4.31 Å². The van der Waals surface area contributed by atoms with Crippen LogP contribution < -0.4 is 24.3 Å². The number of carbonyl (C=O) groups is 1. The van der Waals surface area contributed by atoms with Crippen molar-refractivity contribution in [2.75, 3.05) is 45.3 Å². The lowest BCUT2D eigenvalue weighted by Gasteiger charge is -2.21. The van der Waals surface area contributed by atoms with Gasteiger partial charge in [0.1, 0.15) is 23.9 Å². The van der Waals surface area contributed by atoms with E-state index in [9.17, 15) is 13.2 Å². The van der Waals surface area contributed by atoms with Crippen LogP contribution in [0, 0.1) is 0 Å². The van der Waals surface area contributed by atoms with Crippen LogP contribution in [-0.2, 0) is 10.0 Å². The molecule has 32 heavy (non-hydrogen) atoms. The highest BCUT2D eigenvalue weighted by Crippen LogP contribution is 2.40. The van der Waals surface area contributed by atoms with Crippen molar-refractivity contribution in [2.45, 2.75) is 24.7 Å². The fourth-order valence-electron chi connectivity index (χ4n) is 3.74. The SMILES string of the molecule is CCOc1ccc(NC(=O)c2cc(OC)c3c(c2)OCCO3)cc1S(=O)(=O)N1CCCC1. The first kappa shape index (κ1) is 22.2. The highest BCUT2D eigenvalue weighted by molar-refractivity contribution is 7.89. The van der Waals surface area contributed by atoms with E-state index in [0.717, 1.165) is 12.8 Å². The summed E-state index contributed by atoms with van der Waals surface area (Å²) >= 11 is 0. The number of methoxy groups -OCH3 is 1. The molecule has 0 spiro atoms. The number of rotatable bonds is 7. The largest absolute Gasteiger partial charge is 0.493 e. The van der Waals surface area contributed by atoms with Gasteiger partial charge in [0.25, 0.3) is 5.91 Å².